The molecule has 1 heterocycles. The third-order valence-electron chi connectivity index (χ3n) is 5.28. The maximum Gasteiger partial charge on any atom is 0.347 e. The summed E-state index contributed by atoms with van der Waals surface area (Å²) >= 11 is 18.6. The van der Waals surface area contributed by atoms with Crippen molar-refractivity contribution in [2.24, 2.45) is 0 Å². The fourth-order valence-electron chi connectivity index (χ4n) is 3.71. The van der Waals surface area contributed by atoms with Gasteiger partial charge in [0, 0.05) is 11.1 Å². The fraction of sp³-hybridized carbons (Fsp3) is 0.174. The summed E-state index contributed by atoms with van der Waals surface area (Å²) in [7, 11) is 0. The van der Waals surface area contributed by atoms with Crippen molar-refractivity contribution >= 4 is 85.7 Å². The molecule has 1 saturated heterocycles. The van der Waals surface area contributed by atoms with Crippen LogP contribution in [0.4, 0.5) is 21.0 Å². The molecule has 0 bridgehead atoms. The molecular formula is C23H21Cl2N5O3S2. The highest BCUT2D eigenvalue weighted by Crippen LogP contribution is 2.41. The molecule has 0 spiro atoms. The Morgan fingerprint density at radius 3 is 2.51 bits per heavy atom. The number of hydrazine groups is 1. The molecule has 8 nitrogen and oxygen atoms in total. The zero-order chi connectivity index (χ0) is 25.3. The Morgan fingerprint density at radius 2 is 1.77 bits per heavy atom. The number of nitrogens with zero attached hydrogens (tertiary/aromatic N) is 2. The van der Waals surface area contributed by atoms with Gasteiger partial charge < -0.3 is 10.6 Å². The highest BCUT2D eigenvalue weighted by molar-refractivity contribution is 8.24. The second-order valence-corrected chi connectivity index (χ2v) is 11.3. The Kier molecular flexibility index (Phi) is 7.30. The number of halogens is 2. The van der Waals surface area contributed by atoms with Crippen LogP contribution in [0.2, 0.25) is 10.0 Å². The zero-order valence-corrected chi connectivity index (χ0v) is 21.7. The van der Waals surface area contributed by atoms with Crippen LogP contribution in [0, 0.1) is 0 Å². The minimum Gasteiger partial charge on any atom is -0.307 e. The lowest BCUT2D eigenvalue weighted by Crippen LogP contribution is -2.60. The molecule has 4 N–H and O–H groups in total. The summed E-state index contributed by atoms with van der Waals surface area (Å²) in [4.78, 5) is 25.7. The van der Waals surface area contributed by atoms with Crippen molar-refractivity contribution in [3.63, 3.8) is 0 Å². The summed E-state index contributed by atoms with van der Waals surface area (Å²) in [5, 5.41) is 20.5. The van der Waals surface area contributed by atoms with E-state index >= 15 is 0 Å². The maximum absolute atomic E-state index is 13.1. The van der Waals surface area contributed by atoms with Crippen LogP contribution in [0.25, 0.3) is 10.8 Å². The molecule has 182 valence electrons. The summed E-state index contributed by atoms with van der Waals surface area (Å²) in [6, 6.07) is 16.3. The average molecular weight is 550 g/mol. The first-order chi connectivity index (χ1) is 16.6. The lowest BCUT2D eigenvalue weighted by atomic mass is 10.1. The van der Waals surface area contributed by atoms with Crippen molar-refractivity contribution in [3.8, 4) is 0 Å². The molecule has 1 aliphatic rings. The summed E-state index contributed by atoms with van der Waals surface area (Å²) in [6.07, 6.45) is -1.01. The van der Waals surface area contributed by atoms with Gasteiger partial charge in [-0.1, -0.05) is 83.6 Å². The van der Waals surface area contributed by atoms with Gasteiger partial charge in [0.1, 0.15) is 0 Å². The predicted molar refractivity (Wildman–Crippen MR) is 145 cm³/mol. The molecule has 1 aliphatic heterocycles. The number of carbonyl (C=O) groups is 2. The highest BCUT2D eigenvalue weighted by Gasteiger charge is 2.50. The number of nitrogens with one attached hydrogen (secondary N) is 3. The Balaban J connectivity index is 1.52. The number of anilines is 2. The zero-order valence-electron chi connectivity index (χ0n) is 18.6. The van der Waals surface area contributed by atoms with Gasteiger partial charge >= 0.3 is 12.1 Å². The summed E-state index contributed by atoms with van der Waals surface area (Å²) < 4.78 is -0.472. The van der Waals surface area contributed by atoms with Crippen LogP contribution < -0.4 is 16.1 Å². The van der Waals surface area contributed by atoms with Crippen molar-refractivity contribution in [3.05, 3.63) is 70.7 Å². The monoisotopic (exact) mass is 549 g/mol. The first kappa shape index (κ1) is 25.3. The van der Waals surface area contributed by atoms with E-state index in [-0.39, 0.29) is 9.34 Å². The topological polar surface area (TPSA) is 96.9 Å². The van der Waals surface area contributed by atoms with E-state index < -0.39 is 23.0 Å². The molecule has 1 fully saturated rings. The number of amides is 4. The van der Waals surface area contributed by atoms with Crippen molar-refractivity contribution < 1.29 is 14.8 Å². The molecule has 4 rings (SSSR count). The molecule has 1 atom stereocenters. The van der Waals surface area contributed by atoms with Gasteiger partial charge in [-0.25, -0.2) is 20.0 Å². The van der Waals surface area contributed by atoms with Gasteiger partial charge in [-0.2, -0.15) is 5.06 Å². The lowest BCUT2D eigenvalue weighted by Gasteiger charge is -2.36. The van der Waals surface area contributed by atoms with E-state index in [1.807, 2.05) is 50.2 Å². The number of hydrogen-bond donors (Lipinski definition) is 4. The van der Waals surface area contributed by atoms with E-state index in [0.717, 1.165) is 10.8 Å². The quantitative estimate of drug-likeness (QED) is 0.167. The third kappa shape index (κ3) is 5.41. The van der Waals surface area contributed by atoms with Crippen molar-refractivity contribution in [2.75, 3.05) is 10.6 Å². The average Bonchev–Trinajstić information content (AvgIpc) is 3.03. The Hall–Kier alpha value is -2.76. The minimum absolute atomic E-state index is 0.279. The highest BCUT2D eigenvalue weighted by atomic mass is 35.5. The number of thiocarbonyl (C=S) groups is 1. The Morgan fingerprint density at radius 1 is 1.06 bits per heavy atom. The standard InChI is InChI=1S/C23H21Cl2N5O3S2/c1-23(2)19(30(33)21(32)27-18-9-5-7-13-6-3-4-8-15(13)18)29(22(34)35-23)28-20(31)26-14-10-11-16(24)17(25)12-14/h3-12,19,33H,1-2H3,(H,27,32)(H2,26,28,31). The van der Waals surface area contributed by atoms with Crippen LogP contribution >= 0.6 is 47.2 Å². The van der Waals surface area contributed by atoms with Crippen LogP contribution in [0.1, 0.15) is 13.8 Å². The second kappa shape index (κ2) is 10.1. The number of carbonyl (C=O) groups excluding carboxylic acids is 2. The Bertz CT molecular complexity index is 1320. The van der Waals surface area contributed by atoms with Gasteiger partial charge in [-0.15, -0.1) is 0 Å². The van der Waals surface area contributed by atoms with Crippen molar-refractivity contribution in [1.82, 2.24) is 15.5 Å². The number of fused-ring (bicyclic) bond motifs is 1. The normalized spacial score (nSPS) is 16.8. The lowest BCUT2D eigenvalue weighted by molar-refractivity contribution is -0.120. The molecule has 0 aromatic heterocycles. The maximum atomic E-state index is 13.1. The molecule has 3 aromatic carbocycles. The van der Waals surface area contributed by atoms with E-state index in [1.54, 1.807) is 18.2 Å². The van der Waals surface area contributed by atoms with Gasteiger partial charge in [0.2, 0.25) is 0 Å². The molecule has 4 amide bonds. The van der Waals surface area contributed by atoms with Crippen LogP contribution in [0.5, 0.6) is 0 Å². The van der Waals surface area contributed by atoms with E-state index in [9.17, 15) is 14.8 Å². The van der Waals surface area contributed by atoms with E-state index in [4.69, 9.17) is 35.4 Å². The number of thioether (sulfide) groups is 1. The number of benzene rings is 3. The fourth-order valence-corrected chi connectivity index (χ4v) is 5.80. The number of hydroxylamine groups is 2. The van der Waals surface area contributed by atoms with Crippen LogP contribution in [-0.4, -0.2) is 42.6 Å². The summed E-state index contributed by atoms with van der Waals surface area (Å²) in [5.41, 5.74) is 3.55. The van der Waals surface area contributed by atoms with Crippen LogP contribution in [-0.2, 0) is 0 Å². The number of rotatable bonds is 4. The minimum atomic E-state index is -1.01. The number of hydrogen-bond acceptors (Lipinski definition) is 5. The van der Waals surface area contributed by atoms with Crippen molar-refractivity contribution in [2.45, 2.75) is 24.8 Å². The predicted octanol–water partition coefficient (Wildman–Crippen LogP) is 6.54. The first-order valence-electron chi connectivity index (χ1n) is 10.4. The summed E-state index contributed by atoms with van der Waals surface area (Å²) in [6.45, 7) is 3.61. The van der Waals surface area contributed by atoms with Crippen molar-refractivity contribution in [1.29, 1.82) is 0 Å². The van der Waals surface area contributed by atoms with Gasteiger partial charge in [0.15, 0.2) is 10.5 Å². The molecule has 0 radical (unpaired) electrons. The molecule has 0 aliphatic carbocycles. The van der Waals surface area contributed by atoms with Crippen LogP contribution in [0.15, 0.2) is 60.7 Å². The van der Waals surface area contributed by atoms with E-state index in [0.29, 0.717) is 21.5 Å². The summed E-state index contributed by atoms with van der Waals surface area (Å²) in [5.74, 6) is 0. The molecular weight excluding hydrogens is 529 g/mol. The largest absolute Gasteiger partial charge is 0.347 e. The van der Waals surface area contributed by atoms with Gasteiger partial charge in [-0.05, 0) is 43.5 Å². The molecule has 0 saturated carbocycles. The van der Waals surface area contributed by atoms with E-state index in [2.05, 4.69) is 16.1 Å². The molecule has 1 unspecified atom stereocenters. The smallest absolute Gasteiger partial charge is 0.307 e. The van der Waals surface area contributed by atoms with Gasteiger partial charge in [0.05, 0.1) is 20.5 Å². The second-order valence-electron chi connectivity index (χ2n) is 8.21. The molecule has 3 aromatic rings. The van der Waals surface area contributed by atoms with Gasteiger partial charge in [-0.3, -0.25) is 5.21 Å². The number of urea groups is 2. The Labute approximate surface area is 221 Å². The molecule has 35 heavy (non-hydrogen) atoms. The van der Waals surface area contributed by atoms with E-state index in [1.165, 1.54) is 22.8 Å². The first-order valence-corrected chi connectivity index (χ1v) is 12.4. The van der Waals surface area contributed by atoms with Gasteiger partial charge in [0.25, 0.3) is 0 Å². The molecule has 12 heteroatoms. The van der Waals surface area contributed by atoms with Crippen LogP contribution in [0.3, 0.4) is 0 Å². The third-order valence-corrected chi connectivity index (χ3v) is 7.58. The SMILES string of the molecule is CC1(C)SC(=S)N(NC(=O)Nc2ccc(Cl)c(Cl)c2)C1N(O)C(=O)Nc1cccc2ccccc12.